The molecule has 3 aliphatic carbocycles. The Balaban J connectivity index is 1.23. The third-order valence-electron chi connectivity index (χ3n) is 9.19. The Morgan fingerprint density at radius 3 is 2.60 bits per heavy atom. The van der Waals surface area contributed by atoms with Gasteiger partial charge in [0.15, 0.2) is 0 Å². The number of ketones is 2. The molecule has 2 aromatic rings. The number of likely N-dealkylation sites (tertiary alicyclic amines) is 1. The van der Waals surface area contributed by atoms with Crippen LogP contribution in [0, 0.1) is 11.3 Å². The predicted octanol–water partition coefficient (Wildman–Crippen LogP) is 2.65. The largest absolute Gasteiger partial charge is 0.497 e. The number of benzene rings is 1. The van der Waals surface area contributed by atoms with E-state index in [0.29, 0.717) is 37.3 Å². The predicted molar refractivity (Wildman–Crippen MR) is 146 cm³/mol. The van der Waals surface area contributed by atoms with Crippen molar-refractivity contribution < 1.29 is 28.7 Å². The van der Waals surface area contributed by atoms with Crippen LogP contribution < -0.4 is 15.4 Å². The summed E-state index contributed by atoms with van der Waals surface area (Å²) in [7, 11) is 1.58. The van der Waals surface area contributed by atoms with Gasteiger partial charge in [0.25, 0.3) is 11.8 Å². The number of aromatic amines is 1. The van der Waals surface area contributed by atoms with E-state index in [4.69, 9.17) is 4.74 Å². The summed E-state index contributed by atoms with van der Waals surface area (Å²) in [6, 6.07) is 5.38. The van der Waals surface area contributed by atoms with Gasteiger partial charge in [0.05, 0.1) is 13.2 Å². The van der Waals surface area contributed by atoms with Gasteiger partial charge in [0.2, 0.25) is 11.7 Å². The molecule has 0 bridgehead atoms. The first-order chi connectivity index (χ1) is 19.2. The number of piperidine rings is 1. The summed E-state index contributed by atoms with van der Waals surface area (Å²) in [4.78, 5) is 70.6. The Morgan fingerprint density at radius 1 is 1.12 bits per heavy atom. The van der Waals surface area contributed by atoms with E-state index in [1.165, 1.54) is 0 Å². The quantitative estimate of drug-likeness (QED) is 0.412. The van der Waals surface area contributed by atoms with Crippen molar-refractivity contribution in [3.05, 3.63) is 30.0 Å². The van der Waals surface area contributed by atoms with Gasteiger partial charge in [-0.2, -0.15) is 0 Å². The van der Waals surface area contributed by atoms with E-state index in [-0.39, 0.29) is 35.5 Å². The molecule has 212 valence electrons. The van der Waals surface area contributed by atoms with Gasteiger partial charge < -0.3 is 25.3 Å². The lowest BCUT2D eigenvalue weighted by Gasteiger charge is -2.39. The van der Waals surface area contributed by atoms with E-state index in [2.05, 4.69) is 15.6 Å². The lowest BCUT2D eigenvalue weighted by Crippen LogP contribution is -2.58. The molecule has 3 N–H and O–H groups in total. The molecule has 3 amide bonds. The second kappa shape index (κ2) is 10.4. The minimum Gasteiger partial charge on any atom is -0.497 e. The van der Waals surface area contributed by atoms with Gasteiger partial charge in [-0.1, -0.05) is 0 Å². The fourth-order valence-electron chi connectivity index (χ4n) is 6.32. The number of carbonyl (C=O) groups is 5. The Bertz CT molecular complexity index is 1370. The number of nitrogens with one attached hydrogen (secondary N) is 3. The van der Waals surface area contributed by atoms with E-state index in [1.807, 2.05) is 18.2 Å². The number of aromatic nitrogens is 1. The minimum atomic E-state index is -1.10. The van der Waals surface area contributed by atoms with Crippen molar-refractivity contribution in [1.82, 2.24) is 20.5 Å². The number of Topliss-reactive ketones (excluding diaryl/α,β-unsaturated/α-hetero) is 2. The summed E-state index contributed by atoms with van der Waals surface area (Å²) in [5.41, 5.74) is 1.20. The molecule has 10 nitrogen and oxygen atoms in total. The van der Waals surface area contributed by atoms with Crippen LogP contribution >= 0.6 is 0 Å². The molecular weight excluding hydrogens is 512 g/mol. The third-order valence-corrected chi connectivity index (χ3v) is 9.19. The summed E-state index contributed by atoms with van der Waals surface area (Å²) in [5, 5.41) is 6.37. The molecule has 1 aromatic heterocycles. The fourth-order valence-corrected chi connectivity index (χ4v) is 6.32. The van der Waals surface area contributed by atoms with Gasteiger partial charge in [0.1, 0.15) is 23.3 Å². The van der Waals surface area contributed by atoms with E-state index >= 15 is 0 Å². The summed E-state index contributed by atoms with van der Waals surface area (Å²) in [6.45, 7) is 0.428. The van der Waals surface area contributed by atoms with Crippen LogP contribution in [0.1, 0.15) is 74.7 Å². The number of H-pyrrole nitrogens is 1. The first-order valence-corrected chi connectivity index (χ1v) is 14.4. The van der Waals surface area contributed by atoms with Crippen molar-refractivity contribution in [2.75, 3.05) is 13.7 Å². The molecule has 3 saturated carbocycles. The molecule has 40 heavy (non-hydrogen) atoms. The molecular formula is C30H36N4O6. The Morgan fingerprint density at radius 2 is 1.93 bits per heavy atom. The molecule has 1 aliphatic heterocycles. The zero-order valence-corrected chi connectivity index (χ0v) is 22.8. The Hall–Kier alpha value is -3.69. The molecule has 1 saturated heterocycles. The lowest BCUT2D eigenvalue weighted by molar-refractivity contribution is -0.141. The maximum absolute atomic E-state index is 13.8. The number of methoxy groups -OCH3 is 1. The first kappa shape index (κ1) is 26.5. The van der Waals surface area contributed by atoms with Crippen LogP contribution in [0.3, 0.4) is 0 Å². The molecule has 1 spiro atoms. The van der Waals surface area contributed by atoms with Crippen molar-refractivity contribution in [3.63, 3.8) is 0 Å². The molecule has 6 rings (SSSR count). The maximum atomic E-state index is 13.8. The van der Waals surface area contributed by atoms with Gasteiger partial charge in [-0.3, -0.25) is 24.0 Å². The number of fused-ring (bicyclic) bond motifs is 1. The highest BCUT2D eigenvalue weighted by molar-refractivity contribution is 6.38. The van der Waals surface area contributed by atoms with Crippen LogP contribution in [-0.4, -0.2) is 71.0 Å². The van der Waals surface area contributed by atoms with Crippen LogP contribution in [0.2, 0.25) is 0 Å². The summed E-state index contributed by atoms with van der Waals surface area (Å²) in [5.74, 6) is -1.78. The zero-order valence-electron chi connectivity index (χ0n) is 22.8. The van der Waals surface area contributed by atoms with E-state index in [0.717, 1.165) is 49.4 Å². The van der Waals surface area contributed by atoms with Crippen molar-refractivity contribution in [2.45, 2.75) is 82.3 Å². The lowest BCUT2D eigenvalue weighted by atomic mass is 9.86. The smallest absolute Gasteiger partial charge is 0.289 e. The van der Waals surface area contributed by atoms with E-state index in [9.17, 15) is 24.0 Å². The summed E-state index contributed by atoms with van der Waals surface area (Å²) >= 11 is 0. The number of carbonyl (C=O) groups excluding carboxylic acids is 5. The third kappa shape index (κ3) is 5.36. The first-order valence-electron chi connectivity index (χ1n) is 14.4. The van der Waals surface area contributed by atoms with Gasteiger partial charge in [-0.25, -0.2) is 0 Å². The molecule has 2 heterocycles. The highest BCUT2D eigenvalue weighted by atomic mass is 16.5. The molecule has 4 aliphatic rings. The van der Waals surface area contributed by atoms with Crippen molar-refractivity contribution >= 4 is 40.2 Å². The van der Waals surface area contributed by atoms with Crippen molar-refractivity contribution in [1.29, 1.82) is 0 Å². The molecule has 4 fully saturated rings. The number of hydrogen-bond donors (Lipinski definition) is 3. The number of hydrogen-bond acceptors (Lipinski definition) is 6. The van der Waals surface area contributed by atoms with Gasteiger partial charge in [-0.05, 0) is 87.5 Å². The Labute approximate surface area is 232 Å². The van der Waals surface area contributed by atoms with Gasteiger partial charge >= 0.3 is 0 Å². The zero-order chi connectivity index (χ0) is 28.0. The number of rotatable bonds is 9. The topological polar surface area (TPSA) is 138 Å². The van der Waals surface area contributed by atoms with E-state index < -0.39 is 29.7 Å². The SMILES string of the molecule is COc1ccc2[nH]c(C(=O)N3CCC4(CC4)CC3C(=O)NC(CC3CCCC3=O)C(=O)C(=O)NC3CC3)cc2c1. The number of ether oxygens (including phenoxy) is 1. The summed E-state index contributed by atoms with van der Waals surface area (Å²) < 4.78 is 5.30. The van der Waals surface area contributed by atoms with Crippen LogP contribution in [0.5, 0.6) is 5.75 Å². The molecule has 10 heteroatoms. The summed E-state index contributed by atoms with van der Waals surface area (Å²) in [6.07, 6.45) is 6.96. The highest BCUT2D eigenvalue weighted by Gasteiger charge is 2.51. The van der Waals surface area contributed by atoms with Gasteiger partial charge in [-0.15, -0.1) is 0 Å². The average molecular weight is 549 g/mol. The average Bonchev–Trinajstić information content (AvgIpc) is 3.84. The molecule has 3 atom stereocenters. The normalized spacial score (nSPS) is 24.1. The van der Waals surface area contributed by atoms with Crippen molar-refractivity contribution in [3.8, 4) is 5.75 Å². The molecule has 1 aromatic carbocycles. The van der Waals surface area contributed by atoms with E-state index in [1.54, 1.807) is 18.1 Å². The second-order valence-electron chi connectivity index (χ2n) is 12.1. The Kier molecular flexibility index (Phi) is 6.88. The maximum Gasteiger partial charge on any atom is 0.289 e. The second-order valence-corrected chi connectivity index (χ2v) is 12.1. The molecule has 3 unspecified atom stereocenters. The van der Waals surface area contributed by atoms with Gasteiger partial charge in [0, 0.05) is 35.8 Å². The van der Waals surface area contributed by atoms with Crippen molar-refractivity contribution in [2.24, 2.45) is 11.3 Å². The van der Waals surface area contributed by atoms with Crippen LogP contribution in [-0.2, 0) is 19.2 Å². The standard InChI is InChI=1S/C30H36N4O6/c1-40-20-7-8-21-18(13-20)15-23(32-21)29(39)34-12-11-30(9-10-30)16-24(34)27(37)33-22(14-17-3-2-4-25(17)35)26(36)28(38)31-19-5-6-19/h7-8,13,15,17,19,22,24,32H,2-6,9-12,14,16H2,1H3,(H,31,38)(H,33,37). The number of amides is 3. The number of nitrogens with zero attached hydrogens (tertiary/aromatic N) is 1. The van der Waals surface area contributed by atoms with Crippen LogP contribution in [0.4, 0.5) is 0 Å². The monoisotopic (exact) mass is 548 g/mol. The molecule has 0 radical (unpaired) electrons. The highest BCUT2D eigenvalue weighted by Crippen LogP contribution is 2.55. The fraction of sp³-hybridized carbons (Fsp3) is 0.567. The van der Waals surface area contributed by atoms with Crippen LogP contribution in [0.25, 0.3) is 10.9 Å². The minimum absolute atomic E-state index is 0.00151. The van der Waals surface area contributed by atoms with Crippen LogP contribution in [0.15, 0.2) is 24.3 Å².